The van der Waals surface area contributed by atoms with Crippen LogP contribution in [-0.4, -0.2) is 31.4 Å². The Balaban J connectivity index is 1.98. The summed E-state index contributed by atoms with van der Waals surface area (Å²) in [5.41, 5.74) is 0. The molecular weight excluding hydrogens is 214 g/mol. The Hall–Kier alpha value is -0.130. The Kier molecular flexibility index (Phi) is 3.05. The summed E-state index contributed by atoms with van der Waals surface area (Å²) < 4.78 is 26.2. The number of rotatable bonds is 4. The molecule has 2 fully saturated rings. The summed E-state index contributed by atoms with van der Waals surface area (Å²) in [5.74, 6) is 1.27. The fourth-order valence-corrected chi connectivity index (χ4v) is 3.95. The highest BCUT2D eigenvalue weighted by molar-refractivity contribution is 7.90. The summed E-state index contributed by atoms with van der Waals surface area (Å²) in [6.07, 6.45) is 4.59. The molecule has 0 heterocycles. The average molecular weight is 233 g/mol. The van der Waals surface area contributed by atoms with Crippen molar-refractivity contribution in [1.29, 1.82) is 0 Å². The first-order chi connectivity index (χ1) is 7.03. The first-order valence-corrected chi connectivity index (χ1v) is 7.19. The molecular formula is C10H19NO3S. The predicted molar refractivity (Wildman–Crippen MR) is 57.8 cm³/mol. The van der Waals surface area contributed by atoms with Crippen LogP contribution in [0.2, 0.25) is 0 Å². The molecule has 0 spiro atoms. The molecule has 2 saturated carbocycles. The fraction of sp³-hybridized carbons (Fsp3) is 1.00. The van der Waals surface area contributed by atoms with Crippen LogP contribution in [0.5, 0.6) is 0 Å². The maximum Gasteiger partial charge on any atom is 0.216 e. The number of fused-ring (bicyclic) bond motifs is 2. The lowest BCUT2D eigenvalue weighted by atomic mass is 9.96. The van der Waals surface area contributed by atoms with Crippen molar-refractivity contribution in [1.82, 2.24) is 4.72 Å². The number of hydrogen-bond acceptors (Lipinski definition) is 3. The zero-order valence-electron chi connectivity index (χ0n) is 9.02. The van der Waals surface area contributed by atoms with Gasteiger partial charge in [0.25, 0.3) is 0 Å². The highest BCUT2D eigenvalue weighted by Gasteiger charge is 2.41. The van der Waals surface area contributed by atoms with Crippen molar-refractivity contribution in [2.45, 2.75) is 43.9 Å². The van der Waals surface area contributed by atoms with Gasteiger partial charge in [-0.25, -0.2) is 13.1 Å². The van der Waals surface area contributed by atoms with Gasteiger partial charge in [-0.2, -0.15) is 0 Å². The first-order valence-electron chi connectivity index (χ1n) is 5.65. The Bertz CT molecular complexity index is 328. The molecule has 2 N–H and O–H groups in total. The van der Waals surface area contributed by atoms with Crippen molar-refractivity contribution in [2.75, 3.05) is 6.61 Å². The van der Waals surface area contributed by atoms with Crippen molar-refractivity contribution < 1.29 is 13.5 Å². The number of sulfonamides is 1. The lowest BCUT2D eigenvalue weighted by molar-refractivity contribution is 0.293. The third-order valence-electron chi connectivity index (χ3n) is 3.84. The third kappa shape index (κ3) is 2.19. The van der Waals surface area contributed by atoms with E-state index < -0.39 is 15.3 Å². The van der Waals surface area contributed by atoms with Gasteiger partial charge in [-0.05, 0) is 38.0 Å². The summed E-state index contributed by atoms with van der Waals surface area (Å²) in [5, 5.41) is 8.16. The molecule has 2 aliphatic carbocycles. The molecule has 0 amide bonds. The molecule has 0 aromatic heterocycles. The van der Waals surface area contributed by atoms with E-state index in [9.17, 15) is 8.42 Å². The van der Waals surface area contributed by atoms with Crippen LogP contribution in [-0.2, 0) is 10.0 Å². The number of aliphatic hydroxyl groups excluding tert-OH is 1. The minimum atomic E-state index is -3.32. The van der Waals surface area contributed by atoms with Crippen LogP contribution in [0.3, 0.4) is 0 Å². The predicted octanol–water partition coefficient (Wildman–Crippen LogP) is 0.475. The van der Waals surface area contributed by atoms with Gasteiger partial charge in [-0.1, -0.05) is 6.42 Å². The number of nitrogens with one attached hydrogen (secondary N) is 1. The van der Waals surface area contributed by atoms with Crippen LogP contribution in [0.15, 0.2) is 0 Å². The molecule has 0 aromatic rings. The van der Waals surface area contributed by atoms with Crippen LogP contribution in [0, 0.1) is 11.8 Å². The molecule has 4 unspecified atom stereocenters. The molecule has 88 valence electrons. The second-order valence-electron chi connectivity index (χ2n) is 4.94. The maximum atomic E-state index is 11.7. The normalized spacial score (nSPS) is 37.1. The van der Waals surface area contributed by atoms with Gasteiger partial charge in [0.15, 0.2) is 0 Å². The largest absolute Gasteiger partial charge is 0.395 e. The van der Waals surface area contributed by atoms with E-state index in [1.165, 1.54) is 19.8 Å². The van der Waals surface area contributed by atoms with Crippen molar-refractivity contribution in [3.8, 4) is 0 Å². The van der Waals surface area contributed by atoms with Crippen LogP contribution in [0.4, 0.5) is 0 Å². The van der Waals surface area contributed by atoms with Gasteiger partial charge >= 0.3 is 0 Å². The van der Waals surface area contributed by atoms with Crippen molar-refractivity contribution >= 4 is 10.0 Å². The molecule has 2 rings (SSSR count). The zero-order chi connectivity index (χ0) is 11.1. The summed E-state index contributed by atoms with van der Waals surface area (Å²) in [6.45, 7) is 1.23. The molecule has 4 atom stereocenters. The van der Waals surface area contributed by atoms with E-state index >= 15 is 0 Å². The van der Waals surface area contributed by atoms with Crippen LogP contribution in [0.25, 0.3) is 0 Å². The standard InChI is InChI=1S/C10H19NO3S/c1-7(6-12)15(13,14)11-10-5-8-2-3-9(10)4-8/h7-12H,2-6H2,1H3. The summed E-state index contributed by atoms with van der Waals surface area (Å²) in [6, 6.07) is 0.128. The Morgan fingerprint density at radius 2 is 2.13 bits per heavy atom. The van der Waals surface area contributed by atoms with E-state index in [0.717, 1.165) is 18.8 Å². The second-order valence-corrected chi connectivity index (χ2v) is 7.07. The quantitative estimate of drug-likeness (QED) is 0.742. The maximum absolute atomic E-state index is 11.7. The van der Waals surface area contributed by atoms with Crippen molar-refractivity contribution in [2.24, 2.45) is 11.8 Å². The first kappa shape index (κ1) is 11.4. The van der Waals surface area contributed by atoms with E-state index in [2.05, 4.69) is 4.72 Å². The van der Waals surface area contributed by atoms with E-state index in [1.807, 2.05) is 0 Å². The molecule has 2 bridgehead atoms. The third-order valence-corrected chi connectivity index (χ3v) is 5.68. The molecule has 5 heteroatoms. The monoisotopic (exact) mass is 233 g/mol. The molecule has 15 heavy (non-hydrogen) atoms. The zero-order valence-corrected chi connectivity index (χ0v) is 9.83. The fourth-order valence-electron chi connectivity index (χ4n) is 2.81. The minimum Gasteiger partial charge on any atom is -0.395 e. The highest BCUT2D eigenvalue weighted by Crippen LogP contribution is 2.44. The van der Waals surface area contributed by atoms with E-state index in [4.69, 9.17) is 5.11 Å². The molecule has 0 aliphatic heterocycles. The van der Waals surface area contributed by atoms with Crippen LogP contribution >= 0.6 is 0 Å². The van der Waals surface area contributed by atoms with Gasteiger partial charge in [-0.15, -0.1) is 0 Å². The number of aliphatic hydroxyl groups is 1. The van der Waals surface area contributed by atoms with Gasteiger partial charge in [0.05, 0.1) is 11.9 Å². The van der Waals surface area contributed by atoms with E-state index in [-0.39, 0.29) is 12.6 Å². The second kappa shape index (κ2) is 4.03. The molecule has 4 nitrogen and oxygen atoms in total. The van der Waals surface area contributed by atoms with Gasteiger partial charge in [0.2, 0.25) is 10.0 Å². The lowest BCUT2D eigenvalue weighted by Gasteiger charge is -2.24. The summed E-state index contributed by atoms with van der Waals surface area (Å²) in [4.78, 5) is 0. The molecule has 0 aromatic carbocycles. The number of hydrogen-bond donors (Lipinski definition) is 2. The SMILES string of the molecule is CC(CO)S(=O)(=O)NC1CC2CCC1C2. The lowest BCUT2D eigenvalue weighted by Crippen LogP contribution is -2.43. The minimum absolute atomic E-state index is 0.128. The Morgan fingerprint density at radius 1 is 1.40 bits per heavy atom. The molecule has 0 radical (unpaired) electrons. The van der Waals surface area contributed by atoms with E-state index in [0.29, 0.717) is 5.92 Å². The topological polar surface area (TPSA) is 66.4 Å². The van der Waals surface area contributed by atoms with E-state index in [1.54, 1.807) is 0 Å². The highest BCUT2D eigenvalue weighted by atomic mass is 32.2. The van der Waals surface area contributed by atoms with Gasteiger partial charge < -0.3 is 5.11 Å². The van der Waals surface area contributed by atoms with Crippen LogP contribution < -0.4 is 4.72 Å². The van der Waals surface area contributed by atoms with Gasteiger partial charge in [-0.3, -0.25) is 0 Å². The Labute approximate surface area is 91.1 Å². The Morgan fingerprint density at radius 3 is 2.60 bits per heavy atom. The van der Waals surface area contributed by atoms with Gasteiger partial charge in [0.1, 0.15) is 0 Å². The molecule has 0 saturated heterocycles. The van der Waals surface area contributed by atoms with Crippen LogP contribution in [0.1, 0.15) is 32.6 Å². The molecule has 2 aliphatic rings. The summed E-state index contributed by atoms with van der Waals surface area (Å²) >= 11 is 0. The van der Waals surface area contributed by atoms with Crippen molar-refractivity contribution in [3.05, 3.63) is 0 Å². The van der Waals surface area contributed by atoms with Crippen molar-refractivity contribution in [3.63, 3.8) is 0 Å². The summed E-state index contributed by atoms with van der Waals surface area (Å²) in [7, 11) is -3.32. The average Bonchev–Trinajstić information content (AvgIpc) is 2.77. The van der Waals surface area contributed by atoms with Gasteiger partial charge in [0, 0.05) is 6.04 Å². The smallest absolute Gasteiger partial charge is 0.216 e.